The Balaban J connectivity index is 2.75. The van der Waals surface area contributed by atoms with Crippen molar-refractivity contribution < 1.29 is 4.79 Å². The number of nitrogens with one attached hydrogen (secondary N) is 1. The lowest BCUT2D eigenvalue weighted by molar-refractivity contribution is -0.120. The van der Waals surface area contributed by atoms with Crippen LogP contribution in [0.4, 0.5) is 0 Å². The lowest BCUT2D eigenvalue weighted by atomic mass is 9.83. The predicted molar refractivity (Wildman–Crippen MR) is 67.2 cm³/mol. The molecule has 0 heterocycles. The standard InChI is InChI=1S/C14H21NO/c1-11(16)15-13(14(2,3)4)10-12-8-6-5-7-9-12/h5-9,13H,10H2,1-4H3,(H,15,16)/t13-/m1/s1. The van der Waals surface area contributed by atoms with Crippen LogP contribution in [0.5, 0.6) is 0 Å². The van der Waals surface area contributed by atoms with E-state index in [1.807, 2.05) is 18.2 Å². The summed E-state index contributed by atoms with van der Waals surface area (Å²) in [6.45, 7) is 8.02. The van der Waals surface area contributed by atoms with E-state index < -0.39 is 0 Å². The Kier molecular flexibility index (Phi) is 4.11. The van der Waals surface area contributed by atoms with Crippen molar-refractivity contribution >= 4 is 5.91 Å². The van der Waals surface area contributed by atoms with Gasteiger partial charge in [0.1, 0.15) is 0 Å². The second kappa shape index (κ2) is 5.15. The van der Waals surface area contributed by atoms with Gasteiger partial charge in [-0.3, -0.25) is 4.79 Å². The first-order valence-electron chi connectivity index (χ1n) is 5.70. The molecule has 0 aliphatic carbocycles. The van der Waals surface area contributed by atoms with Crippen LogP contribution in [0, 0.1) is 5.41 Å². The number of carbonyl (C=O) groups excluding carboxylic acids is 1. The van der Waals surface area contributed by atoms with E-state index in [0.29, 0.717) is 0 Å². The molecule has 2 heteroatoms. The van der Waals surface area contributed by atoms with E-state index in [0.717, 1.165) is 6.42 Å². The smallest absolute Gasteiger partial charge is 0.217 e. The summed E-state index contributed by atoms with van der Waals surface area (Å²) in [6, 6.07) is 10.4. The summed E-state index contributed by atoms with van der Waals surface area (Å²) < 4.78 is 0. The summed E-state index contributed by atoms with van der Waals surface area (Å²) in [5.41, 5.74) is 1.33. The molecule has 0 bridgehead atoms. The van der Waals surface area contributed by atoms with Crippen molar-refractivity contribution in [2.45, 2.75) is 40.2 Å². The minimum atomic E-state index is 0.0378. The highest BCUT2D eigenvalue weighted by atomic mass is 16.1. The van der Waals surface area contributed by atoms with Gasteiger partial charge in [0.05, 0.1) is 0 Å². The van der Waals surface area contributed by atoms with Crippen LogP contribution in [0.3, 0.4) is 0 Å². The largest absolute Gasteiger partial charge is 0.353 e. The summed E-state index contributed by atoms with van der Waals surface area (Å²) in [6.07, 6.45) is 0.879. The number of hydrogen-bond donors (Lipinski definition) is 1. The first-order valence-corrected chi connectivity index (χ1v) is 5.70. The molecular formula is C14H21NO. The van der Waals surface area contributed by atoms with E-state index >= 15 is 0 Å². The summed E-state index contributed by atoms with van der Waals surface area (Å²) in [4.78, 5) is 11.2. The zero-order valence-corrected chi connectivity index (χ0v) is 10.6. The molecule has 0 aliphatic rings. The molecule has 16 heavy (non-hydrogen) atoms. The van der Waals surface area contributed by atoms with Gasteiger partial charge in [0.15, 0.2) is 0 Å². The van der Waals surface area contributed by atoms with E-state index in [9.17, 15) is 4.79 Å². The van der Waals surface area contributed by atoms with E-state index in [1.54, 1.807) is 6.92 Å². The van der Waals surface area contributed by atoms with Crippen LogP contribution >= 0.6 is 0 Å². The van der Waals surface area contributed by atoms with E-state index in [1.165, 1.54) is 5.56 Å². The second-order valence-electron chi connectivity index (χ2n) is 5.31. The fraction of sp³-hybridized carbons (Fsp3) is 0.500. The first kappa shape index (κ1) is 12.8. The average Bonchev–Trinajstić information content (AvgIpc) is 2.16. The number of carbonyl (C=O) groups is 1. The van der Waals surface area contributed by atoms with Crippen molar-refractivity contribution in [3.8, 4) is 0 Å². The lowest BCUT2D eigenvalue weighted by Crippen LogP contribution is -2.44. The van der Waals surface area contributed by atoms with Crippen LogP contribution in [0.25, 0.3) is 0 Å². The average molecular weight is 219 g/mol. The minimum Gasteiger partial charge on any atom is -0.353 e. The Hall–Kier alpha value is -1.31. The number of hydrogen-bond acceptors (Lipinski definition) is 1. The Bertz CT molecular complexity index is 338. The second-order valence-corrected chi connectivity index (χ2v) is 5.31. The highest BCUT2D eigenvalue weighted by Gasteiger charge is 2.25. The molecule has 0 aliphatic heterocycles. The normalized spacial score (nSPS) is 13.2. The Morgan fingerprint density at radius 3 is 2.25 bits per heavy atom. The summed E-state index contributed by atoms with van der Waals surface area (Å²) >= 11 is 0. The van der Waals surface area contributed by atoms with Gasteiger partial charge in [-0.25, -0.2) is 0 Å². The molecule has 1 rings (SSSR count). The summed E-state index contributed by atoms with van der Waals surface area (Å²) in [5.74, 6) is 0.0378. The molecule has 1 aromatic rings. The zero-order chi connectivity index (χ0) is 12.2. The van der Waals surface area contributed by atoms with Crippen molar-refractivity contribution in [1.82, 2.24) is 5.32 Å². The molecular weight excluding hydrogens is 198 g/mol. The van der Waals surface area contributed by atoms with E-state index in [-0.39, 0.29) is 17.4 Å². The SMILES string of the molecule is CC(=O)N[C@H](Cc1ccccc1)C(C)(C)C. The third kappa shape index (κ3) is 4.05. The quantitative estimate of drug-likeness (QED) is 0.832. The van der Waals surface area contributed by atoms with Gasteiger partial charge in [-0.2, -0.15) is 0 Å². The maximum atomic E-state index is 11.2. The van der Waals surface area contributed by atoms with Gasteiger partial charge in [-0.15, -0.1) is 0 Å². The van der Waals surface area contributed by atoms with Gasteiger partial charge in [0.2, 0.25) is 5.91 Å². The topological polar surface area (TPSA) is 29.1 Å². The predicted octanol–water partition coefficient (Wildman–Crippen LogP) is 2.78. The maximum Gasteiger partial charge on any atom is 0.217 e. The van der Waals surface area contributed by atoms with Crippen molar-refractivity contribution in [2.75, 3.05) is 0 Å². The Morgan fingerprint density at radius 1 is 1.25 bits per heavy atom. The molecule has 1 amide bonds. The summed E-state index contributed by atoms with van der Waals surface area (Å²) in [5, 5.41) is 3.03. The van der Waals surface area contributed by atoms with Crippen molar-refractivity contribution in [1.29, 1.82) is 0 Å². The van der Waals surface area contributed by atoms with Crippen LogP contribution in [-0.4, -0.2) is 11.9 Å². The molecule has 0 spiro atoms. The fourth-order valence-corrected chi connectivity index (χ4v) is 1.67. The van der Waals surface area contributed by atoms with Crippen LogP contribution in [0.15, 0.2) is 30.3 Å². The Morgan fingerprint density at radius 2 is 1.81 bits per heavy atom. The molecule has 0 radical (unpaired) electrons. The van der Waals surface area contributed by atoms with Gasteiger partial charge in [0.25, 0.3) is 0 Å². The molecule has 88 valence electrons. The van der Waals surface area contributed by atoms with Crippen LogP contribution in [-0.2, 0) is 11.2 Å². The number of benzene rings is 1. The fourth-order valence-electron chi connectivity index (χ4n) is 1.67. The van der Waals surface area contributed by atoms with Crippen molar-refractivity contribution in [3.63, 3.8) is 0 Å². The molecule has 0 fully saturated rings. The molecule has 0 saturated heterocycles. The molecule has 1 N–H and O–H groups in total. The molecule has 1 aromatic carbocycles. The van der Waals surface area contributed by atoms with E-state index in [2.05, 4.69) is 38.2 Å². The molecule has 0 unspecified atom stereocenters. The molecule has 0 saturated carbocycles. The third-order valence-corrected chi connectivity index (χ3v) is 2.71. The van der Waals surface area contributed by atoms with Crippen molar-refractivity contribution in [3.05, 3.63) is 35.9 Å². The van der Waals surface area contributed by atoms with E-state index in [4.69, 9.17) is 0 Å². The van der Waals surface area contributed by atoms with Gasteiger partial charge < -0.3 is 5.32 Å². The highest BCUT2D eigenvalue weighted by Crippen LogP contribution is 2.22. The van der Waals surface area contributed by atoms with Crippen LogP contribution in [0.1, 0.15) is 33.3 Å². The van der Waals surface area contributed by atoms with Crippen LogP contribution in [0.2, 0.25) is 0 Å². The molecule has 0 aromatic heterocycles. The minimum absolute atomic E-state index is 0.0378. The maximum absolute atomic E-state index is 11.2. The van der Waals surface area contributed by atoms with Gasteiger partial charge in [-0.05, 0) is 17.4 Å². The third-order valence-electron chi connectivity index (χ3n) is 2.71. The molecule has 2 nitrogen and oxygen atoms in total. The van der Waals surface area contributed by atoms with Gasteiger partial charge >= 0.3 is 0 Å². The van der Waals surface area contributed by atoms with Gasteiger partial charge in [0, 0.05) is 13.0 Å². The Labute approximate surface area is 98.1 Å². The monoisotopic (exact) mass is 219 g/mol. The highest BCUT2D eigenvalue weighted by molar-refractivity contribution is 5.73. The molecule has 1 atom stereocenters. The number of rotatable bonds is 3. The van der Waals surface area contributed by atoms with Gasteiger partial charge in [-0.1, -0.05) is 51.1 Å². The summed E-state index contributed by atoms with van der Waals surface area (Å²) in [7, 11) is 0. The zero-order valence-electron chi connectivity index (χ0n) is 10.6. The van der Waals surface area contributed by atoms with Crippen LogP contribution < -0.4 is 5.32 Å². The number of amides is 1. The van der Waals surface area contributed by atoms with Crippen molar-refractivity contribution in [2.24, 2.45) is 5.41 Å². The lowest BCUT2D eigenvalue weighted by Gasteiger charge is -2.31. The first-order chi connectivity index (χ1) is 7.39.